The summed E-state index contributed by atoms with van der Waals surface area (Å²) < 4.78 is 33.5. The maximum absolute atomic E-state index is 12.7. The highest BCUT2D eigenvalue weighted by molar-refractivity contribution is 7.89. The lowest BCUT2D eigenvalue weighted by atomic mass is 10.3. The first kappa shape index (κ1) is 20.8. The molecule has 3 rings (SSSR count). The predicted octanol–water partition coefficient (Wildman–Crippen LogP) is 0.155. The van der Waals surface area contributed by atoms with Crippen molar-refractivity contribution in [1.82, 2.24) is 19.2 Å². The number of anilines is 1. The number of morpholine rings is 1. The molecule has 2 aromatic heterocycles. The molecule has 11 heteroatoms. The standard InChI is InChI=1S/C18H22N6O4S/c1-23-13-15(29(26,27)24-6-8-28-9-7-24)10-16(23)18(25)21-5-4-20-17-3-2-14(11-19)12-22-17/h2-3,10,12-13H,4-9H2,1H3,(H,20,22)(H,21,25). The first-order valence-electron chi connectivity index (χ1n) is 9.04. The molecule has 0 aliphatic carbocycles. The number of amides is 1. The van der Waals surface area contributed by atoms with Crippen LogP contribution in [0.2, 0.25) is 0 Å². The number of ether oxygens (including phenoxy) is 1. The lowest BCUT2D eigenvalue weighted by molar-refractivity contribution is 0.0730. The van der Waals surface area contributed by atoms with Gasteiger partial charge in [0.2, 0.25) is 10.0 Å². The van der Waals surface area contributed by atoms with Gasteiger partial charge in [-0.2, -0.15) is 9.57 Å². The van der Waals surface area contributed by atoms with E-state index in [2.05, 4.69) is 15.6 Å². The topological polar surface area (TPSA) is 129 Å². The molecule has 0 unspecified atom stereocenters. The Bertz CT molecular complexity index is 1000. The largest absolute Gasteiger partial charge is 0.379 e. The zero-order valence-corrected chi connectivity index (χ0v) is 16.8. The molecule has 0 saturated carbocycles. The van der Waals surface area contributed by atoms with Crippen molar-refractivity contribution >= 4 is 21.7 Å². The minimum Gasteiger partial charge on any atom is -0.379 e. The molecule has 0 aromatic carbocycles. The molecule has 0 spiro atoms. The Kier molecular flexibility index (Phi) is 6.48. The van der Waals surface area contributed by atoms with Crippen LogP contribution in [0.15, 0.2) is 35.5 Å². The van der Waals surface area contributed by atoms with Gasteiger partial charge >= 0.3 is 0 Å². The van der Waals surface area contributed by atoms with Crippen LogP contribution >= 0.6 is 0 Å². The van der Waals surface area contributed by atoms with E-state index in [1.807, 2.05) is 6.07 Å². The van der Waals surface area contributed by atoms with E-state index < -0.39 is 10.0 Å². The molecule has 0 bridgehead atoms. The van der Waals surface area contributed by atoms with Gasteiger partial charge in [0.15, 0.2) is 0 Å². The normalized spacial score (nSPS) is 14.9. The molecule has 3 heterocycles. The second kappa shape index (κ2) is 9.04. The third kappa shape index (κ3) is 4.92. The summed E-state index contributed by atoms with van der Waals surface area (Å²) in [6, 6.07) is 6.70. The van der Waals surface area contributed by atoms with E-state index in [0.29, 0.717) is 50.8 Å². The fourth-order valence-electron chi connectivity index (χ4n) is 2.86. The summed E-state index contributed by atoms with van der Waals surface area (Å²) in [5.74, 6) is 0.224. The zero-order valence-electron chi connectivity index (χ0n) is 16.0. The fourth-order valence-corrected chi connectivity index (χ4v) is 4.34. The second-order valence-electron chi connectivity index (χ2n) is 6.42. The van der Waals surface area contributed by atoms with Crippen LogP contribution in [0.3, 0.4) is 0 Å². The number of pyridine rings is 1. The number of nitriles is 1. The molecule has 2 N–H and O–H groups in total. The van der Waals surface area contributed by atoms with Crippen molar-refractivity contribution in [3.8, 4) is 6.07 Å². The number of rotatable bonds is 7. The van der Waals surface area contributed by atoms with Crippen LogP contribution in [0.1, 0.15) is 16.1 Å². The average molecular weight is 418 g/mol. The third-order valence-electron chi connectivity index (χ3n) is 4.43. The molecule has 29 heavy (non-hydrogen) atoms. The summed E-state index contributed by atoms with van der Waals surface area (Å²) in [5, 5.41) is 14.5. The van der Waals surface area contributed by atoms with E-state index >= 15 is 0 Å². The number of hydrogen-bond donors (Lipinski definition) is 2. The number of aromatic nitrogens is 2. The second-order valence-corrected chi connectivity index (χ2v) is 8.35. The SMILES string of the molecule is Cn1cc(S(=O)(=O)N2CCOCC2)cc1C(=O)NCCNc1ccc(C#N)cn1. The monoisotopic (exact) mass is 418 g/mol. The lowest BCUT2D eigenvalue weighted by Gasteiger charge is -2.25. The number of carbonyl (C=O) groups is 1. The van der Waals surface area contributed by atoms with Crippen LogP contribution in [0.25, 0.3) is 0 Å². The molecule has 1 aliphatic heterocycles. The maximum Gasteiger partial charge on any atom is 0.268 e. The average Bonchev–Trinajstić information content (AvgIpc) is 3.14. The lowest BCUT2D eigenvalue weighted by Crippen LogP contribution is -2.40. The molecule has 1 aliphatic rings. The smallest absolute Gasteiger partial charge is 0.268 e. The van der Waals surface area contributed by atoms with Crippen LogP contribution in [0, 0.1) is 11.3 Å². The predicted molar refractivity (Wildman–Crippen MR) is 105 cm³/mol. The highest BCUT2D eigenvalue weighted by Crippen LogP contribution is 2.19. The highest BCUT2D eigenvalue weighted by atomic mass is 32.2. The minimum absolute atomic E-state index is 0.0898. The van der Waals surface area contributed by atoms with Gasteiger partial charge in [0.05, 0.1) is 18.8 Å². The highest BCUT2D eigenvalue weighted by Gasteiger charge is 2.28. The molecular formula is C18H22N6O4S. The van der Waals surface area contributed by atoms with E-state index in [9.17, 15) is 13.2 Å². The molecular weight excluding hydrogens is 396 g/mol. The molecule has 1 fully saturated rings. The summed E-state index contributed by atoms with van der Waals surface area (Å²) >= 11 is 0. The number of carbonyl (C=O) groups excluding carboxylic acids is 1. The van der Waals surface area contributed by atoms with Crippen LogP contribution < -0.4 is 10.6 Å². The van der Waals surface area contributed by atoms with Crippen LogP contribution in [-0.4, -0.2) is 67.6 Å². The van der Waals surface area contributed by atoms with Gasteiger partial charge in [-0.3, -0.25) is 4.79 Å². The molecule has 154 valence electrons. The van der Waals surface area contributed by atoms with Crippen molar-refractivity contribution in [2.45, 2.75) is 4.90 Å². The quantitative estimate of drug-likeness (QED) is 0.613. The Morgan fingerprint density at radius 3 is 2.72 bits per heavy atom. The summed E-state index contributed by atoms with van der Waals surface area (Å²) in [5.41, 5.74) is 0.726. The van der Waals surface area contributed by atoms with Crippen LogP contribution in [-0.2, 0) is 21.8 Å². The van der Waals surface area contributed by atoms with Gasteiger partial charge in [-0.1, -0.05) is 0 Å². The van der Waals surface area contributed by atoms with E-state index in [1.54, 1.807) is 19.2 Å². The Hall–Kier alpha value is -2.94. The Morgan fingerprint density at radius 1 is 1.31 bits per heavy atom. The van der Waals surface area contributed by atoms with Crippen LogP contribution in [0.4, 0.5) is 5.82 Å². The van der Waals surface area contributed by atoms with Crippen molar-refractivity contribution < 1.29 is 17.9 Å². The van der Waals surface area contributed by atoms with Crippen molar-refractivity contribution in [2.24, 2.45) is 7.05 Å². The first-order chi connectivity index (χ1) is 13.9. The minimum atomic E-state index is -3.66. The Morgan fingerprint density at radius 2 is 2.07 bits per heavy atom. The maximum atomic E-state index is 12.7. The number of sulfonamides is 1. The van der Waals surface area contributed by atoms with Crippen molar-refractivity contribution in [1.29, 1.82) is 5.26 Å². The summed E-state index contributed by atoms with van der Waals surface area (Å²) in [6.45, 7) is 2.06. The Labute approximate surface area is 169 Å². The molecule has 0 radical (unpaired) electrons. The van der Waals surface area contributed by atoms with Gasteiger partial charge in [-0.25, -0.2) is 13.4 Å². The van der Waals surface area contributed by atoms with Crippen molar-refractivity contribution in [3.05, 3.63) is 41.9 Å². The van der Waals surface area contributed by atoms with Gasteiger partial charge < -0.3 is 19.9 Å². The number of nitrogens with zero attached hydrogens (tertiary/aromatic N) is 4. The van der Waals surface area contributed by atoms with Crippen LogP contribution in [0.5, 0.6) is 0 Å². The van der Waals surface area contributed by atoms with E-state index in [1.165, 1.54) is 27.3 Å². The zero-order chi connectivity index (χ0) is 20.9. The summed E-state index contributed by atoms with van der Waals surface area (Å²) in [4.78, 5) is 16.6. The van der Waals surface area contributed by atoms with Gasteiger partial charge in [-0.15, -0.1) is 0 Å². The van der Waals surface area contributed by atoms with E-state index in [-0.39, 0.29) is 16.5 Å². The first-order valence-corrected chi connectivity index (χ1v) is 10.5. The Balaban J connectivity index is 1.56. The summed E-state index contributed by atoms with van der Waals surface area (Å²) in [7, 11) is -2.02. The van der Waals surface area contributed by atoms with Gasteiger partial charge in [0.1, 0.15) is 22.5 Å². The molecule has 1 saturated heterocycles. The van der Waals surface area contributed by atoms with E-state index in [4.69, 9.17) is 10.00 Å². The summed E-state index contributed by atoms with van der Waals surface area (Å²) in [6.07, 6.45) is 2.90. The van der Waals surface area contributed by atoms with Crippen molar-refractivity contribution in [3.63, 3.8) is 0 Å². The van der Waals surface area contributed by atoms with Crippen molar-refractivity contribution in [2.75, 3.05) is 44.7 Å². The molecule has 0 atom stereocenters. The number of nitrogens with one attached hydrogen (secondary N) is 2. The fraction of sp³-hybridized carbons (Fsp3) is 0.389. The van der Waals surface area contributed by atoms with Gasteiger partial charge in [0, 0.05) is 45.6 Å². The van der Waals surface area contributed by atoms with E-state index in [0.717, 1.165) is 0 Å². The third-order valence-corrected chi connectivity index (χ3v) is 6.29. The number of aryl methyl sites for hydroxylation is 1. The molecule has 2 aromatic rings. The molecule has 10 nitrogen and oxygen atoms in total. The molecule has 1 amide bonds. The number of hydrogen-bond acceptors (Lipinski definition) is 7. The van der Waals surface area contributed by atoms with Gasteiger partial charge in [-0.05, 0) is 18.2 Å². The van der Waals surface area contributed by atoms with Gasteiger partial charge in [0.25, 0.3) is 5.91 Å².